The quantitative estimate of drug-likeness (QED) is 0.778. The van der Waals surface area contributed by atoms with Crippen molar-refractivity contribution in [2.75, 3.05) is 0 Å². The van der Waals surface area contributed by atoms with Crippen LogP contribution in [0.2, 0.25) is 0 Å². The fourth-order valence-electron chi connectivity index (χ4n) is 2.21. The molecule has 1 fully saturated rings. The molecule has 1 aliphatic carbocycles. The molecule has 0 unspecified atom stereocenters. The molecule has 0 bridgehead atoms. The highest BCUT2D eigenvalue weighted by Gasteiger charge is 2.55. The number of nitrogens with one attached hydrogen (secondary N) is 1. The van der Waals surface area contributed by atoms with Gasteiger partial charge in [0.2, 0.25) is 0 Å². The van der Waals surface area contributed by atoms with E-state index in [0.717, 1.165) is 11.5 Å². The minimum absolute atomic E-state index is 0.0285. The van der Waals surface area contributed by atoms with Crippen molar-refractivity contribution in [1.29, 1.82) is 0 Å². The number of hydrogen-bond acceptors (Lipinski definition) is 3. The van der Waals surface area contributed by atoms with Gasteiger partial charge in [0.25, 0.3) is 5.91 Å². The smallest absolute Gasteiger partial charge is 0.268 e. The lowest BCUT2D eigenvalue weighted by molar-refractivity contribution is -0.185. The van der Waals surface area contributed by atoms with Gasteiger partial charge >= 0.3 is 0 Å². The summed E-state index contributed by atoms with van der Waals surface area (Å²) in [6, 6.07) is 0. The molecule has 4 heteroatoms. The van der Waals surface area contributed by atoms with Gasteiger partial charge in [-0.1, -0.05) is 0 Å². The van der Waals surface area contributed by atoms with Crippen molar-refractivity contribution in [2.45, 2.75) is 58.3 Å². The molecule has 0 aromatic rings. The molecule has 1 amide bonds. The second-order valence-corrected chi connectivity index (χ2v) is 4.95. The summed E-state index contributed by atoms with van der Waals surface area (Å²) in [5.41, 5.74) is 0.146. The van der Waals surface area contributed by atoms with Gasteiger partial charge in [0.1, 0.15) is 5.76 Å². The number of rotatable bonds is 2. The molecule has 1 aliphatic heterocycles. The highest BCUT2D eigenvalue weighted by atomic mass is 16.5. The van der Waals surface area contributed by atoms with Crippen molar-refractivity contribution >= 4 is 5.91 Å². The Kier molecular flexibility index (Phi) is 2.70. The Labute approximate surface area is 96.0 Å². The highest BCUT2D eigenvalue weighted by Crippen LogP contribution is 2.42. The SMILES string of the molecule is CC1=C(C)OC2(CC(OC(C)C)C2)C(=O)N1. The van der Waals surface area contributed by atoms with Gasteiger partial charge in [-0.05, 0) is 27.7 Å². The minimum atomic E-state index is -0.664. The van der Waals surface area contributed by atoms with Gasteiger partial charge in [0.05, 0.1) is 17.9 Å². The molecule has 0 aromatic heterocycles. The monoisotopic (exact) mass is 225 g/mol. The van der Waals surface area contributed by atoms with E-state index in [1.165, 1.54) is 0 Å². The Bertz CT molecular complexity index is 340. The van der Waals surface area contributed by atoms with E-state index >= 15 is 0 Å². The first-order valence-corrected chi connectivity index (χ1v) is 5.76. The predicted octanol–water partition coefficient (Wildman–Crippen LogP) is 1.71. The predicted molar refractivity (Wildman–Crippen MR) is 59.6 cm³/mol. The summed E-state index contributed by atoms with van der Waals surface area (Å²) >= 11 is 0. The second-order valence-electron chi connectivity index (χ2n) is 4.95. The molecule has 2 aliphatic rings. The number of amides is 1. The van der Waals surface area contributed by atoms with Crippen LogP contribution in [0.4, 0.5) is 0 Å². The van der Waals surface area contributed by atoms with Crippen LogP contribution in [0.25, 0.3) is 0 Å². The summed E-state index contributed by atoms with van der Waals surface area (Å²) in [7, 11) is 0. The Morgan fingerprint density at radius 1 is 1.44 bits per heavy atom. The lowest BCUT2D eigenvalue weighted by Gasteiger charge is -2.48. The fourth-order valence-corrected chi connectivity index (χ4v) is 2.21. The molecule has 16 heavy (non-hydrogen) atoms. The van der Waals surface area contributed by atoms with Gasteiger partial charge < -0.3 is 14.8 Å². The average molecular weight is 225 g/mol. The van der Waals surface area contributed by atoms with E-state index in [4.69, 9.17) is 9.47 Å². The van der Waals surface area contributed by atoms with Crippen molar-refractivity contribution in [3.05, 3.63) is 11.5 Å². The summed E-state index contributed by atoms with van der Waals surface area (Å²) in [4.78, 5) is 11.9. The van der Waals surface area contributed by atoms with Crippen molar-refractivity contribution in [3.63, 3.8) is 0 Å². The van der Waals surface area contributed by atoms with Crippen molar-refractivity contribution in [1.82, 2.24) is 5.32 Å². The largest absolute Gasteiger partial charge is 0.480 e. The summed E-state index contributed by atoms with van der Waals surface area (Å²) < 4.78 is 11.4. The summed E-state index contributed by atoms with van der Waals surface area (Å²) in [6.07, 6.45) is 1.66. The van der Waals surface area contributed by atoms with Gasteiger partial charge in [-0.3, -0.25) is 4.79 Å². The third kappa shape index (κ3) is 1.82. The average Bonchev–Trinajstić information content (AvgIpc) is 2.10. The molecule has 0 atom stereocenters. The highest BCUT2D eigenvalue weighted by molar-refractivity contribution is 5.89. The van der Waals surface area contributed by atoms with Gasteiger partial charge in [0, 0.05) is 12.8 Å². The van der Waals surface area contributed by atoms with Crippen LogP contribution in [0.1, 0.15) is 40.5 Å². The van der Waals surface area contributed by atoms with Crippen LogP contribution in [0, 0.1) is 0 Å². The van der Waals surface area contributed by atoms with Gasteiger partial charge in [0.15, 0.2) is 5.60 Å². The number of carbonyl (C=O) groups is 1. The Balaban J connectivity index is 2.00. The lowest BCUT2D eigenvalue weighted by atomic mass is 9.75. The molecule has 2 rings (SSSR count). The molecule has 1 saturated carbocycles. The third-order valence-corrected chi connectivity index (χ3v) is 3.17. The first kappa shape index (κ1) is 11.5. The van der Waals surface area contributed by atoms with E-state index in [9.17, 15) is 4.79 Å². The van der Waals surface area contributed by atoms with Crippen LogP contribution >= 0.6 is 0 Å². The fraction of sp³-hybridized carbons (Fsp3) is 0.750. The number of hydrogen-bond donors (Lipinski definition) is 1. The maximum atomic E-state index is 11.9. The van der Waals surface area contributed by atoms with Crippen LogP contribution in [-0.2, 0) is 14.3 Å². The first-order valence-electron chi connectivity index (χ1n) is 5.76. The summed E-state index contributed by atoms with van der Waals surface area (Å²) in [5.74, 6) is 0.779. The molecule has 1 heterocycles. The minimum Gasteiger partial charge on any atom is -0.480 e. The summed E-state index contributed by atoms with van der Waals surface area (Å²) in [6.45, 7) is 7.73. The van der Waals surface area contributed by atoms with E-state index in [2.05, 4.69) is 5.32 Å². The van der Waals surface area contributed by atoms with Gasteiger partial charge in [-0.15, -0.1) is 0 Å². The van der Waals surface area contributed by atoms with Crippen LogP contribution in [-0.4, -0.2) is 23.7 Å². The maximum Gasteiger partial charge on any atom is 0.268 e. The van der Waals surface area contributed by atoms with Gasteiger partial charge in [-0.2, -0.15) is 0 Å². The zero-order valence-electron chi connectivity index (χ0n) is 10.3. The molecule has 0 radical (unpaired) electrons. The maximum absolute atomic E-state index is 11.9. The molecular formula is C12H19NO3. The van der Waals surface area contributed by atoms with Crippen molar-refractivity contribution in [2.24, 2.45) is 0 Å². The molecule has 4 nitrogen and oxygen atoms in total. The van der Waals surface area contributed by atoms with Crippen LogP contribution in [0.3, 0.4) is 0 Å². The van der Waals surface area contributed by atoms with E-state index in [-0.39, 0.29) is 18.1 Å². The molecule has 0 saturated heterocycles. The molecular weight excluding hydrogens is 206 g/mol. The van der Waals surface area contributed by atoms with E-state index in [1.807, 2.05) is 27.7 Å². The van der Waals surface area contributed by atoms with Gasteiger partial charge in [-0.25, -0.2) is 0 Å². The Morgan fingerprint density at radius 2 is 2.06 bits per heavy atom. The Hall–Kier alpha value is -1.03. The second kappa shape index (κ2) is 3.77. The standard InChI is InChI=1S/C12H19NO3/c1-7(2)15-10-5-12(6-10)11(14)13-8(3)9(4)16-12/h7,10H,5-6H2,1-4H3,(H,13,14). The third-order valence-electron chi connectivity index (χ3n) is 3.17. The Morgan fingerprint density at radius 3 is 2.62 bits per heavy atom. The summed E-state index contributed by atoms with van der Waals surface area (Å²) in [5, 5.41) is 2.86. The molecule has 1 spiro atoms. The first-order chi connectivity index (χ1) is 7.43. The number of carbonyl (C=O) groups excluding carboxylic acids is 1. The van der Waals surface area contributed by atoms with E-state index in [0.29, 0.717) is 12.8 Å². The molecule has 0 aromatic carbocycles. The van der Waals surface area contributed by atoms with Crippen LogP contribution in [0.15, 0.2) is 11.5 Å². The number of allylic oxidation sites excluding steroid dienone is 2. The normalized spacial score (nSPS) is 33.8. The topological polar surface area (TPSA) is 47.6 Å². The molecule has 1 N–H and O–H groups in total. The molecule has 90 valence electrons. The van der Waals surface area contributed by atoms with E-state index < -0.39 is 5.60 Å². The number of ether oxygens (including phenoxy) is 2. The lowest BCUT2D eigenvalue weighted by Crippen LogP contribution is -2.61. The zero-order valence-corrected chi connectivity index (χ0v) is 10.3. The van der Waals surface area contributed by atoms with Crippen molar-refractivity contribution < 1.29 is 14.3 Å². The van der Waals surface area contributed by atoms with Crippen molar-refractivity contribution in [3.8, 4) is 0 Å². The van der Waals surface area contributed by atoms with E-state index in [1.54, 1.807) is 0 Å². The van der Waals surface area contributed by atoms with Crippen LogP contribution in [0.5, 0.6) is 0 Å². The zero-order chi connectivity index (χ0) is 11.9. The van der Waals surface area contributed by atoms with Crippen LogP contribution < -0.4 is 5.32 Å².